The first-order chi connectivity index (χ1) is 8.52. The van der Waals surface area contributed by atoms with Crippen molar-refractivity contribution in [2.24, 2.45) is 7.05 Å². The topological polar surface area (TPSA) is 41.9 Å². The molecule has 1 heterocycles. The fourth-order valence-corrected chi connectivity index (χ4v) is 2.14. The predicted molar refractivity (Wildman–Crippen MR) is 77.0 cm³/mol. The van der Waals surface area contributed by atoms with Gasteiger partial charge in [-0.3, -0.25) is 4.68 Å². The molecule has 0 saturated heterocycles. The van der Waals surface area contributed by atoms with Crippen molar-refractivity contribution in [3.63, 3.8) is 0 Å². The first-order valence-electron chi connectivity index (χ1n) is 6.95. The van der Waals surface area contributed by atoms with Crippen LogP contribution in [0.3, 0.4) is 0 Å². The van der Waals surface area contributed by atoms with Gasteiger partial charge in [0.15, 0.2) is 0 Å². The first-order valence-corrected chi connectivity index (χ1v) is 6.95. The Morgan fingerprint density at radius 3 is 2.44 bits per heavy atom. The lowest BCUT2D eigenvalue weighted by Crippen LogP contribution is -2.32. The monoisotopic (exact) mass is 252 g/mol. The minimum Gasteiger partial charge on any atom is -0.315 e. The molecular weight excluding hydrogens is 224 g/mol. The van der Waals surface area contributed by atoms with Crippen molar-refractivity contribution in [2.45, 2.75) is 46.6 Å². The molecule has 0 aliphatic rings. The third-order valence-corrected chi connectivity index (χ3v) is 3.29. The maximum absolute atomic E-state index is 4.44. The van der Waals surface area contributed by atoms with Crippen LogP contribution in [0.2, 0.25) is 0 Å². The van der Waals surface area contributed by atoms with Gasteiger partial charge in [0.05, 0.1) is 5.69 Å². The summed E-state index contributed by atoms with van der Waals surface area (Å²) in [4.78, 5) is 0. The van der Waals surface area contributed by atoms with Gasteiger partial charge in [-0.05, 0) is 38.8 Å². The Kier molecular flexibility index (Phi) is 6.36. The summed E-state index contributed by atoms with van der Waals surface area (Å²) in [5.41, 5.74) is 3.89. The Morgan fingerprint density at radius 2 is 1.89 bits per heavy atom. The summed E-state index contributed by atoms with van der Waals surface area (Å²) in [7, 11) is 2.02. The number of aryl methyl sites for hydroxylation is 2. The fourth-order valence-electron chi connectivity index (χ4n) is 2.14. The van der Waals surface area contributed by atoms with Crippen molar-refractivity contribution in [3.05, 3.63) is 17.0 Å². The minimum absolute atomic E-state index is 0.576. The van der Waals surface area contributed by atoms with E-state index in [-0.39, 0.29) is 0 Å². The Balaban J connectivity index is 2.14. The molecule has 0 aromatic carbocycles. The number of hydrogen-bond donors (Lipinski definition) is 2. The third-order valence-electron chi connectivity index (χ3n) is 3.29. The van der Waals surface area contributed by atoms with E-state index in [1.807, 2.05) is 11.7 Å². The lowest BCUT2D eigenvalue weighted by atomic mass is 10.1. The highest BCUT2D eigenvalue weighted by atomic mass is 15.3. The van der Waals surface area contributed by atoms with Crippen LogP contribution in [0.5, 0.6) is 0 Å². The molecule has 0 unspecified atom stereocenters. The number of aromatic nitrogens is 2. The van der Waals surface area contributed by atoms with Crippen LogP contribution in [0.25, 0.3) is 0 Å². The SMILES string of the molecule is Cc1nn(C)c(C)c1CCCNCCNC(C)C. The van der Waals surface area contributed by atoms with E-state index in [0.29, 0.717) is 6.04 Å². The standard InChI is InChI=1S/C14H28N4/c1-11(2)16-10-9-15-8-6-7-14-12(3)17-18(5)13(14)4/h11,15-16H,6-10H2,1-5H3. The first kappa shape index (κ1) is 15.2. The van der Waals surface area contributed by atoms with Crippen LogP contribution in [-0.2, 0) is 13.5 Å². The summed E-state index contributed by atoms with van der Waals surface area (Å²) in [5, 5.41) is 11.3. The van der Waals surface area contributed by atoms with Gasteiger partial charge in [0, 0.05) is 31.9 Å². The average molecular weight is 252 g/mol. The summed E-state index contributed by atoms with van der Waals surface area (Å²) in [6.07, 6.45) is 2.30. The molecular formula is C14H28N4. The van der Waals surface area contributed by atoms with Crippen molar-refractivity contribution in [2.75, 3.05) is 19.6 Å². The zero-order valence-corrected chi connectivity index (χ0v) is 12.5. The lowest BCUT2D eigenvalue weighted by molar-refractivity contribution is 0.550. The molecule has 2 N–H and O–H groups in total. The van der Waals surface area contributed by atoms with Crippen LogP contribution in [-0.4, -0.2) is 35.5 Å². The van der Waals surface area contributed by atoms with Gasteiger partial charge < -0.3 is 10.6 Å². The number of nitrogens with zero attached hydrogens (tertiary/aromatic N) is 2. The maximum Gasteiger partial charge on any atom is 0.0628 e. The van der Waals surface area contributed by atoms with E-state index in [2.05, 4.69) is 43.4 Å². The smallest absolute Gasteiger partial charge is 0.0628 e. The second kappa shape index (κ2) is 7.54. The highest BCUT2D eigenvalue weighted by Gasteiger charge is 2.08. The highest BCUT2D eigenvalue weighted by molar-refractivity contribution is 5.24. The molecule has 1 aromatic heterocycles. The van der Waals surface area contributed by atoms with E-state index >= 15 is 0 Å². The van der Waals surface area contributed by atoms with Gasteiger partial charge in [0.1, 0.15) is 0 Å². The molecule has 4 heteroatoms. The van der Waals surface area contributed by atoms with Crippen LogP contribution < -0.4 is 10.6 Å². The molecule has 1 aromatic rings. The molecule has 0 aliphatic heterocycles. The Morgan fingerprint density at radius 1 is 1.17 bits per heavy atom. The number of hydrogen-bond acceptors (Lipinski definition) is 3. The summed E-state index contributed by atoms with van der Waals surface area (Å²) in [5.74, 6) is 0. The lowest BCUT2D eigenvalue weighted by Gasteiger charge is -2.09. The molecule has 1 rings (SSSR count). The molecule has 0 amide bonds. The van der Waals surface area contributed by atoms with Gasteiger partial charge in [0.2, 0.25) is 0 Å². The van der Waals surface area contributed by atoms with Crippen molar-refractivity contribution in [1.82, 2.24) is 20.4 Å². The summed E-state index contributed by atoms with van der Waals surface area (Å²) < 4.78 is 1.98. The Bertz CT molecular complexity index is 355. The maximum atomic E-state index is 4.44. The van der Waals surface area contributed by atoms with E-state index < -0.39 is 0 Å². The number of rotatable bonds is 8. The van der Waals surface area contributed by atoms with Crippen LogP contribution >= 0.6 is 0 Å². The van der Waals surface area contributed by atoms with E-state index in [4.69, 9.17) is 0 Å². The van der Waals surface area contributed by atoms with Gasteiger partial charge in [-0.1, -0.05) is 13.8 Å². The van der Waals surface area contributed by atoms with Crippen LogP contribution in [0.15, 0.2) is 0 Å². The second-order valence-corrected chi connectivity index (χ2v) is 5.24. The highest BCUT2D eigenvalue weighted by Crippen LogP contribution is 2.13. The van der Waals surface area contributed by atoms with Gasteiger partial charge in [-0.2, -0.15) is 5.10 Å². The van der Waals surface area contributed by atoms with Crippen molar-refractivity contribution in [1.29, 1.82) is 0 Å². The third kappa shape index (κ3) is 4.78. The molecule has 0 spiro atoms. The molecule has 18 heavy (non-hydrogen) atoms. The molecule has 4 nitrogen and oxygen atoms in total. The quantitative estimate of drug-likeness (QED) is 0.690. The van der Waals surface area contributed by atoms with Crippen LogP contribution in [0.1, 0.15) is 37.2 Å². The van der Waals surface area contributed by atoms with E-state index in [9.17, 15) is 0 Å². The van der Waals surface area contributed by atoms with Gasteiger partial charge >= 0.3 is 0 Å². The van der Waals surface area contributed by atoms with Gasteiger partial charge in [-0.25, -0.2) is 0 Å². The van der Waals surface area contributed by atoms with Crippen LogP contribution in [0, 0.1) is 13.8 Å². The summed E-state index contributed by atoms with van der Waals surface area (Å²) >= 11 is 0. The van der Waals surface area contributed by atoms with Crippen molar-refractivity contribution in [3.8, 4) is 0 Å². The fraction of sp³-hybridized carbons (Fsp3) is 0.786. The molecule has 0 atom stereocenters. The normalized spacial score (nSPS) is 11.4. The summed E-state index contributed by atoms with van der Waals surface area (Å²) in [6.45, 7) is 11.8. The van der Waals surface area contributed by atoms with E-state index in [1.165, 1.54) is 23.4 Å². The predicted octanol–water partition coefficient (Wildman–Crippen LogP) is 1.56. The molecule has 0 saturated carbocycles. The zero-order valence-electron chi connectivity index (χ0n) is 12.5. The largest absolute Gasteiger partial charge is 0.315 e. The van der Waals surface area contributed by atoms with Crippen LogP contribution in [0.4, 0.5) is 0 Å². The van der Waals surface area contributed by atoms with E-state index in [1.54, 1.807) is 0 Å². The zero-order chi connectivity index (χ0) is 13.5. The van der Waals surface area contributed by atoms with Crippen molar-refractivity contribution < 1.29 is 0 Å². The molecule has 0 aliphatic carbocycles. The summed E-state index contributed by atoms with van der Waals surface area (Å²) in [6, 6.07) is 0.576. The minimum atomic E-state index is 0.576. The number of nitrogens with one attached hydrogen (secondary N) is 2. The Labute approximate surface area is 111 Å². The Hall–Kier alpha value is -0.870. The van der Waals surface area contributed by atoms with E-state index in [0.717, 1.165) is 26.1 Å². The van der Waals surface area contributed by atoms with Gasteiger partial charge in [0.25, 0.3) is 0 Å². The molecule has 0 radical (unpaired) electrons. The molecule has 104 valence electrons. The second-order valence-electron chi connectivity index (χ2n) is 5.24. The average Bonchev–Trinajstić information content (AvgIpc) is 2.53. The van der Waals surface area contributed by atoms with Gasteiger partial charge in [-0.15, -0.1) is 0 Å². The van der Waals surface area contributed by atoms with Crippen molar-refractivity contribution >= 4 is 0 Å². The molecule has 0 bridgehead atoms. The molecule has 0 fully saturated rings.